The van der Waals surface area contributed by atoms with E-state index in [4.69, 9.17) is 0 Å². The summed E-state index contributed by atoms with van der Waals surface area (Å²) in [5, 5.41) is 0. The zero-order chi connectivity index (χ0) is 19.6. The number of halogens is 1. The number of carbonyl (C=O) groups excluding carboxylic acids is 1. The van der Waals surface area contributed by atoms with Gasteiger partial charge in [0.25, 0.3) is 0 Å². The van der Waals surface area contributed by atoms with Crippen LogP contribution in [0.2, 0.25) is 0 Å². The third-order valence-corrected chi connectivity index (χ3v) is 7.59. The number of fused-ring (bicyclic) bond motifs is 3. The van der Waals surface area contributed by atoms with Crippen LogP contribution in [-0.2, 0) is 14.6 Å². The second-order valence-electron chi connectivity index (χ2n) is 7.26. The van der Waals surface area contributed by atoms with Crippen molar-refractivity contribution >= 4 is 43.3 Å². The van der Waals surface area contributed by atoms with Crippen LogP contribution in [0.1, 0.15) is 25.0 Å². The van der Waals surface area contributed by atoms with Crippen molar-refractivity contribution in [1.29, 1.82) is 0 Å². The molecule has 0 unspecified atom stereocenters. The summed E-state index contributed by atoms with van der Waals surface area (Å²) >= 11 is 3.53. The summed E-state index contributed by atoms with van der Waals surface area (Å²) in [6.45, 7) is 5.41. The molecule has 0 fully saturated rings. The normalized spacial score (nSPS) is 17.9. The van der Waals surface area contributed by atoms with Crippen molar-refractivity contribution in [3.8, 4) is 0 Å². The lowest BCUT2D eigenvalue weighted by Crippen LogP contribution is -2.45. The fourth-order valence-corrected chi connectivity index (χ4v) is 5.77. The molecular formula is C21H18BrNO3S. The first-order chi connectivity index (χ1) is 12.7. The average molecular weight is 444 g/mol. The Balaban J connectivity index is 1.98. The Morgan fingerprint density at radius 3 is 2.33 bits per heavy atom. The Labute approximate surface area is 167 Å². The van der Waals surface area contributed by atoms with E-state index in [-0.39, 0.29) is 9.80 Å². The lowest BCUT2D eigenvalue weighted by Gasteiger charge is -2.36. The lowest BCUT2D eigenvalue weighted by atomic mass is 9.97. The highest BCUT2D eigenvalue weighted by Gasteiger charge is 2.51. The molecule has 138 valence electrons. The van der Waals surface area contributed by atoms with E-state index in [9.17, 15) is 13.2 Å². The van der Waals surface area contributed by atoms with Gasteiger partial charge in [-0.3, -0.25) is 4.79 Å². The summed E-state index contributed by atoms with van der Waals surface area (Å²) in [6.07, 6.45) is 3.57. The molecule has 4 nitrogen and oxygen atoms in total. The molecule has 0 N–H and O–H groups in total. The third-order valence-electron chi connectivity index (χ3n) is 5.07. The maximum atomic E-state index is 13.3. The number of benzene rings is 2. The maximum absolute atomic E-state index is 13.3. The van der Waals surface area contributed by atoms with E-state index in [0.29, 0.717) is 5.70 Å². The summed E-state index contributed by atoms with van der Waals surface area (Å²) in [5.74, 6) is -0.393. The molecule has 2 aliphatic heterocycles. The topological polar surface area (TPSA) is 54.5 Å². The molecule has 0 atom stereocenters. The minimum absolute atomic E-state index is 0.134. The summed E-state index contributed by atoms with van der Waals surface area (Å²) < 4.78 is 27.6. The molecule has 4 rings (SSSR count). The zero-order valence-electron chi connectivity index (χ0n) is 15.2. The second kappa shape index (κ2) is 5.91. The third kappa shape index (κ3) is 2.54. The Morgan fingerprint density at radius 1 is 1.00 bits per heavy atom. The van der Waals surface area contributed by atoms with Gasteiger partial charge in [0.1, 0.15) is 10.4 Å². The van der Waals surface area contributed by atoms with Crippen LogP contribution in [0.4, 0.5) is 5.69 Å². The van der Waals surface area contributed by atoms with Crippen LogP contribution < -0.4 is 4.90 Å². The number of sulfone groups is 1. The number of allylic oxidation sites excluding steroid dienone is 1. The lowest BCUT2D eigenvalue weighted by molar-refractivity contribution is -0.117. The first kappa shape index (κ1) is 18.2. The van der Waals surface area contributed by atoms with E-state index < -0.39 is 21.2 Å². The van der Waals surface area contributed by atoms with Gasteiger partial charge in [-0.1, -0.05) is 39.7 Å². The Bertz CT molecular complexity index is 1140. The van der Waals surface area contributed by atoms with Crippen molar-refractivity contribution in [3.05, 3.63) is 74.7 Å². The van der Waals surface area contributed by atoms with Crippen LogP contribution in [0, 0.1) is 6.92 Å². The van der Waals surface area contributed by atoms with E-state index in [1.807, 2.05) is 36.1 Å². The van der Waals surface area contributed by atoms with Crippen LogP contribution >= 0.6 is 15.9 Å². The van der Waals surface area contributed by atoms with Gasteiger partial charge in [0.15, 0.2) is 0 Å². The number of anilines is 1. The number of carbonyl (C=O) groups is 1. The molecule has 0 saturated carbocycles. The first-order valence-electron chi connectivity index (χ1n) is 8.53. The van der Waals surface area contributed by atoms with Gasteiger partial charge in [0.05, 0.1) is 16.3 Å². The molecule has 0 radical (unpaired) electrons. The van der Waals surface area contributed by atoms with Gasteiger partial charge in [-0.25, -0.2) is 8.42 Å². The zero-order valence-corrected chi connectivity index (χ0v) is 17.6. The molecule has 6 heteroatoms. The van der Waals surface area contributed by atoms with Crippen molar-refractivity contribution in [1.82, 2.24) is 0 Å². The monoisotopic (exact) mass is 443 g/mol. The highest BCUT2D eigenvalue weighted by molar-refractivity contribution is 9.10. The molecular weight excluding hydrogens is 426 g/mol. The van der Waals surface area contributed by atoms with Gasteiger partial charge in [0.2, 0.25) is 15.6 Å². The summed E-state index contributed by atoms with van der Waals surface area (Å²) in [7, 11) is -3.93. The van der Waals surface area contributed by atoms with Gasteiger partial charge in [-0.15, -0.1) is 0 Å². The van der Waals surface area contributed by atoms with Crippen molar-refractivity contribution < 1.29 is 13.2 Å². The summed E-state index contributed by atoms with van der Waals surface area (Å²) in [6, 6.07) is 12.3. The molecule has 2 aromatic rings. The molecule has 2 heterocycles. The smallest absolute Gasteiger partial charge is 0.212 e. The number of nitrogens with zero attached hydrogens (tertiary/aromatic N) is 1. The molecule has 0 bridgehead atoms. The summed E-state index contributed by atoms with van der Waals surface area (Å²) in [4.78, 5) is 15.1. The Morgan fingerprint density at radius 2 is 1.67 bits per heavy atom. The number of rotatable bonds is 2. The highest BCUT2D eigenvalue weighted by Crippen LogP contribution is 2.47. The average Bonchev–Trinajstić information content (AvgIpc) is 2.82. The van der Waals surface area contributed by atoms with Gasteiger partial charge in [0, 0.05) is 10.0 Å². The molecule has 0 spiro atoms. The van der Waals surface area contributed by atoms with Crippen LogP contribution in [0.25, 0.3) is 6.08 Å². The molecule has 27 heavy (non-hydrogen) atoms. The van der Waals surface area contributed by atoms with E-state index in [1.54, 1.807) is 44.2 Å². The molecule has 0 saturated heterocycles. The summed E-state index contributed by atoms with van der Waals surface area (Å²) in [5.41, 5.74) is 2.13. The van der Waals surface area contributed by atoms with E-state index in [1.165, 1.54) is 0 Å². The predicted molar refractivity (Wildman–Crippen MR) is 110 cm³/mol. The highest BCUT2D eigenvalue weighted by atomic mass is 79.9. The Hall–Kier alpha value is -2.18. The van der Waals surface area contributed by atoms with Gasteiger partial charge < -0.3 is 4.90 Å². The number of Topliss-reactive ketones (excluding diaryl/α,β-unsaturated/α-hetero) is 1. The van der Waals surface area contributed by atoms with Crippen molar-refractivity contribution in [2.75, 3.05) is 4.90 Å². The fourth-order valence-electron chi connectivity index (χ4n) is 3.62. The van der Waals surface area contributed by atoms with Crippen LogP contribution in [0.3, 0.4) is 0 Å². The molecule has 0 amide bonds. The largest absolute Gasteiger partial charge is 0.327 e. The van der Waals surface area contributed by atoms with Crippen molar-refractivity contribution in [3.63, 3.8) is 0 Å². The quantitative estimate of drug-likeness (QED) is 0.678. The van der Waals surface area contributed by atoms with E-state index in [2.05, 4.69) is 15.9 Å². The van der Waals surface area contributed by atoms with Crippen LogP contribution in [-0.4, -0.2) is 19.7 Å². The number of hydrogen-bond acceptors (Lipinski definition) is 4. The first-order valence-corrected chi connectivity index (χ1v) is 10.8. The van der Waals surface area contributed by atoms with E-state index in [0.717, 1.165) is 21.3 Å². The maximum Gasteiger partial charge on any atom is 0.212 e. The Kier molecular flexibility index (Phi) is 3.98. The van der Waals surface area contributed by atoms with Crippen LogP contribution in [0.15, 0.2) is 68.5 Å². The van der Waals surface area contributed by atoms with Gasteiger partial charge in [-0.2, -0.15) is 0 Å². The standard InChI is InChI=1S/C21H18BrNO3S/c1-13-7-9-14(10-8-13)27(25,26)19-18-12-11-15-16(22)5-4-6-17(15)23(18)21(2,3)20(19)24/h4-12H,1-3H3. The van der Waals surface area contributed by atoms with Crippen molar-refractivity contribution in [2.45, 2.75) is 31.2 Å². The number of hydrogen-bond donors (Lipinski definition) is 0. The minimum Gasteiger partial charge on any atom is -0.327 e. The fraction of sp³-hybridized carbons (Fsp3) is 0.190. The molecule has 2 aliphatic rings. The van der Waals surface area contributed by atoms with Gasteiger partial charge in [-0.05, 0) is 57.2 Å². The van der Waals surface area contributed by atoms with Gasteiger partial charge >= 0.3 is 0 Å². The molecule has 0 aliphatic carbocycles. The van der Waals surface area contributed by atoms with Crippen LogP contribution in [0.5, 0.6) is 0 Å². The molecule has 2 aromatic carbocycles. The van der Waals surface area contributed by atoms with E-state index >= 15 is 0 Å². The predicted octanol–water partition coefficient (Wildman–Crippen LogP) is 4.64. The number of ketones is 1. The van der Waals surface area contributed by atoms with Crippen molar-refractivity contribution in [2.24, 2.45) is 0 Å². The number of aryl methyl sites for hydroxylation is 1. The molecule has 0 aromatic heterocycles. The SMILES string of the molecule is Cc1ccc(S(=O)(=O)C2=C3C=Cc4c(Br)cccc4N3C(C)(C)C2=O)cc1. The minimum atomic E-state index is -3.93. The second-order valence-corrected chi connectivity index (χ2v) is 10.0.